The van der Waals surface area contributed by atoms with E-state index in [-0.39, 0.29) is 0 Å². The van der Waals surface area contributed by atoms with Crippen LogP contribution in [-0.4, -0.2) is 7.05 Å². The van der Waals surface area contributed by atoms with Gasteiger partial charge in [-0.1, -0.05) is 110 Å². The van der Waals surface area contributed by atoms with Crippen LogP contribution in [0.1, 0.15) is 11.1 Å². The first-order valence-electron chi connectivity index (χ1n) is 13.6. The highest BCUT2D eigenvalue weighted by molar-refractivity contribution is 5.78. The quantitative estimate of drug-likeness (QED) is 0.170. The maximum atomic E-state index is 3.99. The van der Waals surface area contributed by atoms with E-state index < -0.39 is 0 Å². The highest BCUT2D eigenvalue weighted by Gasteiger charge is 2.12. The molecule has 2 nitrogen and oxygen atoms in total. The molecule has 0 saturated carbocycles. The molecule has 5 aromatic rings. The molecule has 5 rings (SSSR count). The number of benzene rings is 5. The number of hydrogen-bond acceptors (Lipinski definition) is 2. The minimum absolute atomic E-state index is 0.874. The molecule has 0 aliphatic rings. The molecule has 0 radical (unpaired) electrons. The fraction of sp³-hybridized carbons (Fsp3) is 0.0526. The Morgan fingerprint density at radius 1 is 0.600 bits per heavy atom. The van der Waals surface area contributed by atoms with E-state index in [9.17, 15) is 0 Å². The summed E-state index contributed by atoms with van der Waals surface area (Å²) in [4.78, 5) is 4.49. The first-order chi connectivity index (χ1) is 19.7. The van der Waals surface area contributed by atoms with Crippen LogP contribution in [-0.2, 0) is 6.42 Å². The lowest BCUT2D eigenvalue weighted by Crippen LogP contribution is -2.11. The van der Waals surface area contributed by atoms with Gasteiger partial charge in [0.05, 0.1) is 0 Å². The van der Waals surface area contributed by atoms with Gasteiger partial charge in [-0.25, -0.2) is 0 Å². The van der Waals surface area contributed by atoms with Crippen LogP contribution in [0.15, 0.2) is 170 Å². The van der Waals surface area contributed by atoms with Gasteiger partial charge in [0, 0.05) is 35.5 Å². The van der Waals surface area contributed by atoms with Crippen LogP contribution in [0.4, 0.5) is 28.4 Å². The van der Waals surface area contributed by atoms with Crippen LogP contribution in [0.5, 0.6) is 0 Å². The smallest absolute Gasteiger partial charge is 0.0463 e. The fourth-order valence-electron chi connectivity index (χ4n) is 4.73. The second-order valence-corrected chi connectivity index (χ2v) is 9.64. The Kier molecular flexibility index (Phi) is 8.70. The molecule has 0 spiro atoms. The maximum absolute atomic E-state index is 3.99. The topological polar surface area (TPSA) is 6.48 Å². The van der Waals surface area contributed by atoms with Crippen molar-refractivity contribution in [1.82, 2.24) is 0 Å². The summed E-state index contributed by atoms with van der Waals surface area (Å²) in [5.74, 6) is 0. The number of nitrogens with zero attached hydrogens (tertiary/aromatic N) is 2. The third kappa shape index (κ3) is 6.67. The van der Waals surface area contributed by atoms with Gasteiger partial charge >= 0.3 is 0 Å². The van der Waals surface area contributed by atoms with Gasteiger partial charge in [0.2, 0.25) is 0 Å². The molecule has 0 unspecified atom stereocenters. The lowest BCUT2D eigenvalue weighted by atomic mass is 10.0. The Morgan fingerprint density at radius 2 is 1.12 bits per heavy atom. The molecule has 0 fully saturated rings. The summed E-state index contributed by atoms with van der Waals surface area (Å²) in [6.45, 7) is 3.99. The monoisotopic (exact) mass is 518 g/mol. The molecule has 0 N–H and O–H groups in total. The van der Waals surface area contributed by atoms with Crippen LogP contribution in [0.3, 0.4) is 0 Å². The van der Waals surface area contributed by atoms with Crippen LogP contribution < -0.4 is 9.80 Å². The second-order valence-electron chi connectivity index (χ2n) is 9.64. The molecule has 0 saturated heterocycles. The summed E-state index contributed by atoms with van der Waals surface area (Å²) in [6, 6.07) is 48.8. The molecule has 0 aliphatic heterocycles. The van der Waals surface area contributed by atoms with Gasteiger partial charge in [0.15, 0.2) is 0 Å². The number of hydrogen-bond donors (Lipinski definition) is 0. The third-order valence-electron chi connectivity index (χ3n) is 6.89. The van der Waals surface area contributed by atoms with Gasteiger partial charge in [0.25, 0.3) is 0 Å². The van der Waals surface area contributed by atoms with E-state index in [4.69, 9.17) is 0 Å². The van der Waals surface area contributed by atoms with Gasteiger partial charge in [-0.2, -0.15) is 0 Å². The van der Waals surface area contributed by atoms with Crippen LogP contribution >= 0.6 is 0 Å². The van der Waals surface area contributed by atoms with Crippen molar-refractivity contribution in [3.8, 4) is 0 Å². The van der Waals surface area contributed by atoms with Crippen molar-refractivity contribution < 1.29 is 0 Å². The van der Waals surface area contributed by atoms with E-state index in [2.05, 4.69) is 163 Å². The van der Waals surface area contributed by atoms with Crippen molar-refractivity contribution in [2.24, 2.45) is 0 Å². The summed E-state index contributed by atoms with van der Waals surface area (Å²) in [6.07, 6.45) is 9.20. The Bertz CT molecular complexity index is 1530. The predicted octanol–water partition coefficient (Wildman–Crippen LogP) is 10.3. The minimum atomic E-state index is 0.874. The zero-order valence-electron chi connectivity index (χ0n) is 22.9. The molecule has 2 heteroatoms. The molecular formula is C38H34N2. The SMILES string of the molecule is C=C/C(=C\C=C\c1cccc(N(C)c2ccc(N(c3ccccc3)c3ccccc3)cc2)c1)Cc1ccccc1. The Hall–Kier alpha value is -5.08. The van der Waals surface area contributed by atoms with Crippen LogP contribution in [0.2, 0.25) is 0 Å². The van der Waals surface area contributed by atoms with Crippen LogP contribution in [0, 0.1) is 0 Å². The minimum Gasteiger partial charge on any atom is -0.345 e. The molecule has 40 heavy (non-hydrogen) atoms. The maximum Gasteiger partial charge on any atom is 0.0463 e. The average Bonchev–Trinajstić information content (AvgIpc) is 3.02. The van der Waals surface area contributed by atoms with Gasteiger partial charge < -0.3 is 9.80 Å². The van der Waals surface area contributed by atoms with E-state index >= 15 is 0 Å². The molecule has 0 aromatic heterocycles. The average molecular weight is 519 g/mol. The number of anilines is 5. The summed E-state index contributed by atoms with van der Waals surface area (Å²) >= 11 is 0. The molecular weight excluding hydrogens is 484 g/mol. The first kappa shape index (κ1) is 26.5. The van der Waals surface area contributed by atoms with Crippen molar-refractivity contribution >= 4 is 34.5 Å². The summed E-state index contributed by atoms with van der Waals surface area (Å²) in [5.41, 5.74) is 9.27. The van der Waals surface area contributed by atoms with Crippen molar-refractivity contribution in [3.63, 3.8) is 0 Å². The third-order valence-corrected chi connectivity index (χ3v) is 6.89. The van der Waals surface area contributed by atoms with Gasteiger partial charge in [-0.3, -0.25) is 0 Å². The highest BCUT2D eigenvalue weighted by atomic mass is 15.1. The zero-order chi connectivity index (χ0) is 27.6. The lowest BCUT2D eigenvalue weighted by Gasteiger charge is -2.26. The van der Waals surface area contributed by atoms with Gasteiger partial charge in [-0.15, -0.1) is 0 Å². The van der Waals surface area contributed by atoms with E-state index in [1.54, 1.807) is 0 Å². The van der Waals surface area contributed by atoms with Crippen molar-refractivity contribution in [2.45, 2.75) is 6.42 Å². The Balaban J connectivity index is 1.33. The summed E-state index contributed by atoms with van der Waals surface area (Å²) in [7, 11) is 2.11. The molecule has 0 atom stereocenters. The number of allylic oxidation sites excluding steroid dienone is 4. The lowest BCUT2D eigenvalue weighted by molar-refractivity contribution is 1.20. The predicted molar refractivity (Wildman–Crippen MR) is 173 cm³/mol. The van der Waals surface area contributed by atoms with Crippen molar-refractivity contribution in [3.05, 3.63) is 181 Å². The number of para-hydroxylation sites is 2. The summed E-state index contributed by atoms with van der Waals surface area (Å²) in [5, 5.41) is 0. The van der Waals surface area contributed by atoms with E-state index in [1.807, 2.05) is 24.3 Å². The Morgan fingerprint density at radius 3 is 1.73 bits per heavy atom. The fourth-order valence-corrected chi connectivity index (χ4v) is 4.73. The summed E-state index contributed by atoms with van der Waals surface area (Å²) < 4.78 is 0. The van der Waals surface area contributed by atoms with E-state index in [1.165, 1.54) is 11.1 Å². The highest BCUT2D eigenvalue weighted by Crippen LogP contribution is 2.35. The van der Waals surface area contributed by atoms with Crippen molar-refractivity contribution in [1.29, 1.82) is 0 Å². The van der Waals surface area contributed by atoms with Gasteiger partial charge in [0.1, 0.15) is 0 Å². The number of rotatable bonds is 10. The normalized spacial score (nSPS) is 11.4. The zero-order valence-corrected chi connectivity index (χ0v) is 22.9. The molecule has 196 valence electrons. The molecule has 0 heterocycles. The van der Waals surface area contributed by atoms with E-state index in [0.717, 1.165) is 40.4 Å². The first-order valence-corrected chi connectivity index (χ1v) is 13.6. The second kappa shape index (κ2) is 13.1. The van der Waals surface area contributed by atoms with Crippen molar-refractivity contribution in [2.75, 3.05) is 16.8 Å². The molecule has 0 aliphatic carbocycles. The Labute approximate surface area is 238 Å². The molecule has 0 bridgehead atoms. The standard InChI is InChI=1S/C38H34N2/c1-3-31(29-32-15-7-4-8-16-32)17-13-18-33-19-14-24-38(30-33)39(2)34-25-27-37(28-26-34)40(35-20-9-5-10-21-35)36-22-11-6-12-23-36/h3-28,30H,1,29H2,2H3/b18-13+,31-17+. The molecule has 5 aromatic carbocycles. The van der Waals surface area contributed by atoms with Gasteiger partial charge in [-0.05, 0) is 83.8 Å². The van der Waals surface area contributed by atoms with E-state index in [0.29, 0.717) is 0 Å². The largest absolute Gasteiger partial charge is 0.345 e. The molecule has 0 amide bonds. The van der Waals surface area contributed by atoms with Crippen LogP contribution in [0.25, 0.3) is 6.08 Å².